The average molecular weight is 365 g/mol. The fourth-order valence-electron chi connectivity index (χ4n) is 3.57. The van der Waals surface area contributed by atoms with Gasteiger partial charge in [-0.05, 0) is 31.0 Å². The third-order valence-electron chi connectivity index (χ3n) is 4.88. The van der Waals surface area contributed by atoms with Crippen LogP contribution in [0.1, 0.15) is 40.6 Å². The highest BCUT2D eigenvalue weighted by molar-refractivity contribution is 5.94. The van der Waals surface area contributed by atoms with Crippen molar-refractivity contribution in [2.75, 3.05) is 13.1 Å². The van der Waals surface area contributed by atoms with Gasteiger partial charge in [0, 0.05) is 43.8 Å². The first-order chi connectivity index (χ1) is 13.2. The molecule has 1 fully saturated rings. The highest BCUT2D eigenvalue weighted by Crippen LogP contribution is 2.27. The lowest BCUT2D eigenvalue weighted by atomic mass is 9.96. The second kappa shape index (κ2) is 7.65. The Morgan fingerprint density at radius 1 is 1.19 bits per heavy atom. The SMILES string of the molecule is O=C(c1ccncc1F)N1CCC[C@@H](c2nccn2Cc2ccccn2)C1. The molecule has 1 atom stereocenters. The third kappa shape index (κ3) is 3.72. The Kier molecular flexibility index (Phi) is 4.91. The van der Waals surface area contributed by atoms with Gasteiger partial charge in [-0.3, -0.25) is 14.8 Å². The molecular formula is C20H20FN5O. The highest BCUT2D eigenvalue weighted by Gasteiger charge is 2.29. The monoisotopic (exact) mass is 365 g/mol. The predicted octanol–water partition coefficient (Wildman–Crippen LogP) is 2.88. The van der Waals surface area contributed by atoms with E-state index in [0.717, 1.165) is 30.6 Å². The molecule has 7 heteroatoms. The Hall–Kier alpha value is -3.09. The first-order valence-corrected chi connectivity index (χ1v) is 9.02. The maximum atomic E-state index is 13.9. The van der Waals surface area contributed by atoms with Gasteiger partial charge in [0.1, 0.15) is 5.82 Å². The van der Waals surface area contributed by atoms with Crippen LogP contribution in [0.3, 0.4) is 0 Å². The number of hydrogen-bond donors (Lipinski definition) is 0. The molecule has 3 aromatic rings. The van der Waals surface area contributed by atoms with E-state index >= 15 is 0 Å². The molecule has 3 aromatic heterocycles. The Morgan fingerprint density at radius 2 is 2.11 bits per heavy atom. The maximum absolute atomic E-state index is 13.9. The Balaban J connectivity index is 1.52. The Bertz CT molecular complexity index is 927. The standard InChI is InChI=1S/C20H20FN5O/c21-18-12-22-8-6-17(18)20(27)26-10-3-4-15(13-26)19-24-9-11-25(19)14-16-5-1-2-7-23-16/h1-2,5-9,11-12,15H,3-4,10,13-14H2/t15-/m1/s1. The molecule has 4 rings (SSSR count). The molecule has 0 bridgehead atoms. The molecule has 138 valence electrons. The lowest BCUT2D eigenvalue weighted by Crippen LogP contribution is -2.40. The van der Waals surface area contributed by atoms with Crippen LogP contribution in [0.4, 0.5) is 4.39 Å². The summed E-state index contributed by atoms with van der Waals surface area (Å²) in [6.07, 6.45) is 9.82. The van der Waals surface area contributed by atoms with E-state index in [9.17, 15) is 9.18 Å². The molecule has 0 aromatic carbocycles. The lowest BCUT2D eigenvalue weighted by molar-refractivity contribution is 0.0698. The number of imidazole rings is 1. The smallest absolute Gasteiger partial charge is 0.256 e. The van der Waals surface area contributed by atoms with Crippen molar-refractivity contribution in [3.05, 3.63) is 78.1 Å². The summed E-state index contributed by atoms with van der Waals surface area (Å²) in [5, 5.41) is 0. The first kappa shape index (κ1) is 17.3. The minimum absolute atomic E-state index is 0.0717. The fraction of sp³-hybridized carbons (Fsp3) is 0.300. The molecule has 1 aliphatic rings. The van der Waals surface area contributed by atoms with E-state index < -0.39 is 5.82 Å². The van der Waals surface area contributed by atoms with Crippen LogP contribution in [0.15, 0.2) is 55.2 Å². The molecule has 0 saturated carbocycles. The number of pyridine rings is 2. The lowest BCUT2D eigenvalue weighted by Gasteiger charge is -2.32. The molecule has 6 nitrogen and oxygen atoms in total. The second-order valence-electron chi connectivity index (χ2n) is 6.68. The summed E-state index contributed by atoms with van der Waals surface area (Å²) >= 11 is 0. The third-order valence-corrected chi connectivity index (χ3v) is 4.88. The van der Waals surface area contributed by atoms with Gasteiger partial charge < -0.3 is 9.47 Å². The summed E-state index contributed by atoms with van der Waals surface area (Å²) < 4.78 is 16.0. The summed E-state index contributed by atoms with van der Waals surface area (Å²) in [5.41, 5.74) is 1.03. The van der Waals surface area contributed by atoms with Crippen LogP contribution in [0.2, 0.25) is 0 Å². The number of rotatable bonds is 4. The minimum Gasteiger partial charge on any atom is -0.338 e. The zero-order chi connectivity index (χ0) is 18.6. The van der Waals surface area contributed by atoms with E-state index in [1.165, 1.54) is 12.3 Å². The van der Waals surface area contributed by atoms with E-state index in [1.54, 1.807) is 17.3 Å². The Labute approximate surface area is 156 Å². The second-order valence-corrected chi connectivity index (χ2v) is 6.68. The van der Waals surface area contributed by atoms with Crippen molar-refractivity contribution in [2.24, 2.45) is 0 Å². The van der Waals surface area contributed by atoms with Crippen LogP contribution in [0, 0.1) is 5.82 Å². The van der Waals surface area contributed by atoms with Crippen LogP contribution in [0.5, 0.6) is 0 Å². The van der Waals surface area contributed by atoms with Crippen molar-refractivity contribution in [3.8, 4) is 0 Å². The van der Waals surface area contributed by atoms with E-state index in [4.69, 9.17) is 0 Å². The average Bonchev–Trinajstić information content (AvgIpc) is 3.17. The van der Waals surface area contributed by atoms with Crippen LogP contribution >= 0.6 is 0 Å². The molecule has 1 amide bonds. The van der Waals surface area contributed by atoms with Crippen molar-refractivity contribution in [3.63, 3.8) is 0 Å². The van der Waals surface area contributed by atoms with Gasteiger partial charge >= 0.3 is 0 Å². The molecule has 27 heavy (non-hydrogen) atoms. The van der Waals surface area contributed by atoms with Crippen molar-refractivity contribution in [2.45, 2.75) is 25.3 Å². The maximum Gasteiger partial charge on any atom is 0.256 e. The largest absolute Gasteiger partial charge is 0.338 e. The molecule has 0 N–H and O–H groups in total. The first-order valence-electron chi connectivity index (χ1n) is 9.02. The van der Waals surface area contributed by atoms with E-state index in [-0.39, 0.29) is 17.4 Å². The summed E-state index contributed by atoms with van der Waals surface area (Å²) in [6.45, 7) is 1.79. The zero-order valence-electron chi connectivity index (χ0n) is 14.8. The summed E-state index contributed by atoms with van der Waals surface area (Å²) in [6, 6.07) is 7.26. The summed E-state index contributed by atoms with van der Waals surface area (Å²) in [7, 11) is 0. The van der Waals surface area contributed by atoms with Gasteiger partial charge in [0.2, 0.25) is 0 Å². The quantitative estimate of drug-likeness (QED) is 0.713. The number of carbonyl (C=O) groups is 1. The van der Waals surface area contributed by atoms with E-state index in [2.05, 4.69) is 19.5 Å². The van der Waals surface area contributed by atoms with E-state index in [0.29, 0.717) is 19.6 Å². The molecule has 4 heterocycles. The number of likely N-dealkylation sites (tertiary alicyclic amines) is 1. The Morgan fingerprint density at radius 3 is 2.93 bits per heavy atom. The number of halogens is 1. The zero-order valence-corrected chi connectivity index (χ0v) is 14.8. The van der Waals surface area contributed by atoms with Gasteiger partial charge in [-0.2, -0.15) is 0 Å². The fourth-order valence-corrected chi connectivity index (χ4v) is 3.57. The molecule has 0 aliphatic carbocycles. The van der Waals surface area contributed by atoms with Gasteiger partial charge in [0.05, 0.1) is 24.0 Å². The number of hydrogen-bond acceptors (Lipinski definition) is 4. The minimum atomic E-state index is -0.582. The number of piperidine rings is 1. The molecular weight excluding hydrogens is 345 g/mol. The molecule has 0 radical (unpaired) electrons. The van der Waals surface area contributed by atoms with Crippen LogP contribution in [-0.2, 0) is 6.54 Å². The normalized spacial score (nSPS) is 17.1. The molecule has 0 spiro atoms. The van der Waals surface area contributed by atoms with Gasteiger partial charge in [0.15, 0.2) is 5.82 Å². The van der Waals surface area contributed by atoms with Gasteiger partial charge in [-0.15, -0.1) is 0 Å². The summed E-state index contributed by atoms with van der Waals surface area (Å²) in [4.78, 5) is 27.1. The van der Waals surface area contributed by atoms with Crippen molar-refractivity contribution in [1.29, 1.82) is 0 Å². The van der Waals surface area contributed by atoms with Crippen molar-refractivity contribution in [1.82, 2.24) is 24.4 Å². The van der Waals surface area contributed by atoms with Crippen LogP contribution < -0.4 is 0 Å². The molecule has 1 saturated heterocycles. The van der Waals surface area contributed by atoms with Gasteiger partial charge in [-0.1, -0.05) is 6.07 Å². The summed E-state index contributed by atoms with van der Waals surface area (Å²) in [5.74, 6) is 0.184. The highest BCUT2D eigenvalue weighted by atomic mass is 19.1. The molecule has 0 unspecified atom stereocenters. The topological polar surface area (TPSA) is 63.9 Å². The van der Waals surface area contributed by atoms with Crippen molar-refractivity contribution < 1.29 is 9.18 Å². The predicted molar refractivity (Wildman–Crippen MR) is 97.6 cm³/mol. The van der Waals surface area contributed by atoms with Gasteiger partial charge in [0.25, 0.3) is 5.91 Å². The van der Waals surface area contributed by atoms with E-state index in [1.807, 2.05) is 24.4 Å². The van der Waals surface area contributed by atoms with Crippen LogP contribution in [0.25, 0.3) is 0 Å². The number of amides is 1. The molecule has 1 aliphatic heterocycles. The van der Waals surface area contributed by atoms with Crippen LogP contribution in [-0.4, -0.2) is 43.4 Å². The number of nitrogens with zero attached hydrogens (tertiary/aromatic N) is 5. The van der Waals surface area contributed by atoms with Gasteiger partial charge in [-0.25, -0.2) is 9.37 Å². The number of carbonyl (C=O) groups excluding carboxylic acids is 1. The number of aromatic nitrogens is 4. The van der Waals surface area contributed by atoms with Crippen molar-refractivity contribution >= 4 is 5.91 Å².